The highest BCUT2D eigenvalue weighted by Crippen LogP contribution is 2.62. The van der Waals surface area contributed by atoms with Crippen molar-refractivity contribution >= 4 is 29.0 Å². The zero-order valence-electron chi connectivity index (χ0n) is 17.2. The molecule has 0 aliphatic heterocycles. The van der Waals surface area contributed by atoms with E-state index in [-0.39, 0.29) is 12.3 Å². The molecule has 1 heterocycles. The molecule has 1 aromatic heterocycles. The van der Waals surface area contributed by atoms with Gasteiger partial charge in [0.15, 0.2) is 11.6 Å². The smallest absolute Gasteiger partial charge is 0.324 e. The number of thiophene rings is 1. The Labute approximate surface area is 178 Å². The Bertz CT molecular complexity index is 1110. The maximum atomic E-state index is 14.2. The predicted molar refractivity (Wildman–Crippen MR) is 114 cm³/mol. The normalized spacial score (nSPS) is 15.5. The van der Waals surface area contributed by atoms with Gasteiger partial charge in [-0.15, -0.1) is 11.3 Å². The first-order chi connectivity index (χ1) is 13.9. The average Bonchev–Trinajstić information content (AvgIpc) is 3.06. The molecular formula is C22H24F3O3PS. The molecule has 30 heavy (non-hydrogen) atoms. The number of benzene rings is 2. The summed E-state index contributed by atoms with van der Waals surface area (Å²) >= 11 is 1.19. The van der Waals surface area contributed by atoms with Crippen LogP contribution in [0.2, 0.25) is 0 Å². The lowest BCUT2D eigenvalue weighted by molar-refractivity contribution is 0.0449. The van der Waals surface area contributed by atoms with Gasteiger partial charge in [0, 0.05) is 15.0 Å². The van der Waals surface area contributed by atoms with Crippen LogP contribution in [0.3, 0.4) is 0 Å². The van der Waals surface area contributed by atoms with E-state index in [1.54, 1.807) is 26.0 Å². The minimum absolute atomic E-state index is 0.0539. The van der Waals surface area contributed by atoms with Crippen LogP contribution in [0.1, 0.15) is 43.8 Å². The monoisotopic (exact) mass is 456 g/mol. The van der Waals surface area contributed by atoms with Gasteiger partial charge in [-0.1, -0.05) is 26.0 Å². The summed E-state index contributed by atoms with van der Waals surface area (Å²) in [6, 6.07) is 9.50. The van der Waals surface area contributed by atoms with Gasteiger partial charge in [-0.2, -0.15) is 0 Å². The molecule has 2 atom stereocenters. The van der Waals surface area contributed by atoms with Gasteiger partial charge in [0.1, 0.15) is 5.82 Å². The van der Waals surface area contributed by atoms with Gasteiger partial charge in [0.05, 0.1) is 11.3 Å². The fourth-order valence-electron chi connectivity index (χ4n) is 2.98. The molecule has 0 fully saturated rings. The lowest BCUT2D eigenvalue weighted by Crippen LogP contribution is -2.30. The van der Waals surface area contributed by atoms with Crippen molar-refractivity contribution in [3.8, 4) is 0 Å². The Morgan fingerprint density at radius 1 is 1.07 bits per heavy atom. The van der Waals surface area contributed by atoms with Gasteiger partial charge in [0.2, 0.25) is 0 Å². The second kappa shape index (κ2) is 8.46. The fourth-order valence-corrected chi connectivity index (χ4v) is 6.45. The van der Waals surface area contributed by atoms with E-state index in [1.165, 1.54) is 29.5 Å². The van der Waals surface area contributed by atoms with Crippen LogP contribution in [-0.4, -0.2) is 10.5 Å². The molecule has 0 aliphatic carbocycles. The predicted octanol–water partition coefficient (Wildman–Crippen LogP) is 7.24. The Balaban J connectivity index is 2.08. The Morgan fingerprint density at radius 2 is 1.77 bits per heavy atom. The standard InChI is InChI=1S/C22H24F3O3PS/c1-13(2)22(3,4)28-29(26,27)19(11-14-8-9-17(24)18(25)10-14)21-12-15-16(23)6-5-7-20(15)30-21/h5-10,12-13,19H,11H2,1-4H3,(H,26,27). The summed E-state index contributed by atoms with van der Waals surface area (Å²) in [6.07, 6.45) is -0.0619. The maximum absolute atomic E-state index is 14.2. The summed E-state index contributed by atoms with van der Waals surface area (Å²) in [5.74, 6) is -2.52. The number of halogens is 3. The van der Waals surface area contributed by atoms with Crippen molar-refractivity contribution in [2.24, 2.45) is 5.92 Å². The summed E-state index contributed by atoms with van der Waals surface area (Å²) in [5, 5.41) is 0.343. The van der Waals surface area contributed by atoms with Crippen LogP contribution in [0.5, 0.6) is 0 Å². The summed E-state index contributed by atoms with van der Waals surface area (Å²) in [5.41, 5.74) is -1.62. The topological polar surface area (TPSA) is 46.5 Å². The van der Waals surface area contributed by atoms with E-state index < -0.39 is 36.3 Å². The van der Waals surface area contributed by atoms with Crippen LogP contribution < -0.4 is 0 Å². The van der Waals surface area contributed by atoms with Crippen LogP contribution in [0.25, 0.3) is 10.1 Å². The quantitative estimate of drug-likeness (QED) is 0.381. The van der Waals surface area contributed by atoms with Crippen molar-refractivity contribution in [3.05, 3.63) is 70.4 Å². The number of rotatable bonds is 7. The first-order valence-electron chi connectivity index (χ1n) is 9.56. The SMILES string of the molecule is CC(C)C(C)(C)OP(=O)(O)C(Cc1ccc(F)c(F)c1)c1cc2c(F)cccc2s1. The largest absolute Gasteiger partial charge is 0.337 e. The van der Waals surface area contributed by atoms with Crippen molar-refractivity contribution in [2.75, 3.05) is 0 Å². The van der Waals surface area contributed by atoms with E-state index in [4.69, 9.17) is 4.52 Å². The van der Waals surface area contributed by atoms with Gasteiger partial charge >= 0.3 is 7.60 Å². The third kappa shape index (κ3) is 4.80. The van der Waals surface area contributed by atoms with E-state index in [0.29, 0.717) is 20.5 Å². The lowest BCUT2D eigenvalue weighted by atomic mass is 9.95. The molecule has 8 heteroatoms. The minimum Gasteiger partial charge on any atom is -0.324 e. The Kier molecular flexibility index (Phi) is 6.49. The summed E-state index contributed by atoms with van der Waals surface area (Å²) < 4.78 is 61.1. The van der Waals surface area contributed by atoms with Crippen LogP contribution in [0, 0.1) is 23.4 Å². The summed E-state index contributed by atoms with van der Waals surface area (Å²) in [4.78, 5) is 11.4. The van der Waals surface area contributed by atoms with Crippen LogP contribution in [-0.2, 0) is 15.5 Å². The highest BCUT2D eigenvalue weighted by atomic mass is 32.1. The average molecular weight is 456 g/mol. The van der Waals surface area contributed by atoms with Crippen LogP contribution in [0.15, 0.2) is 42.5 Å². The second-order valence-electron chi connectivity index (χ2n) is 8.18. The summed E-state index contributed by atoms with van der Waals surface area (Å²) in [7, 11) is -4.29. The fraction of sp³-hybridized carbons (Fsp3) is 0.364. The zero-order chi connectivity index (χ0) is 22.3. The highest BCUT2D eigenvalue weighted by Gasteiger charge is 2.41. The Morgan fingerprint density at radius 3 is 2.37 bits per heavy atom. The molecule has 0 spiro atoms. The van der Waals surface area contributed by atoms with Crippen molar-refractivity contribution in [3.63, 3.8) is 0 Å². The molecule has 2 aromatic carbocycles. The van der Waals surface area contributed by atoms with E-state index in [1.807, 2.05) is 13.8 Å². The molecule has 0 bridgehead atoms. The van der Waals surface area contributed by atoms with E-state index in [2.05, 4.69) is 0 Å². The lowest BCUT2D eigenvalue weighted by Gasteiger charge is -2.34. The molecule has 0 radical (unpaired) electrons. The molecule has 0 saturated carbocycles. The number of fused-ring (bicyclic) bond motifs is 1. The third-order valence-corrected chi connectivity index (χ3v) is 8.79. The molecule has 1 N–H and O–H groups in total. The van der Waals surface area contributed by atoms with E-state index in [9.17, 15) is 22.6 Å². The van der Waals surface area contributed by atoms with Gasteiger partial charge in [0.25, 0.3) is 0 Å². The molecule has 3 nitrogen and oxygen atoms in total. The third-order valence-electron chi connectivity index (χ3n) is 5.42. The minimum atomic E-state index is -4.29. The van der Waals surface area contributed by atoms with Crippen molar-refractivity contribution in [1.29, 1.82) is 0 Å². The first-order valence-corrected chi connectivity index (χ1v) is 12.0. The summed E-state index contributed by atoms with van der Waals surface area (Å²) in [6.45, 7) is 7.19. The molecule has 0 saturated heterocycles. The van der Waals surface area contributed by atoms with Gasteiger partial charge < -0.3 is 9.42 Å². The molecular weight excluding hydrogens is 432 g/mol. The van der Waals surface area contributed by atoms with Crippen molar-refractivity contribution in [2.45, 2.75) is 45.4 Å². The highest BCUT2D eigenvalue weighted by molar-refractivity contribution is 7.53. The zero-order valence-corrected chi connectivity index (χ0v) is 18.9. The van der Waals surface area contributed by atoms with Crippen LogP contribution >= 0.6 is 18.9 Å². The van der Waals surface area contributed by atoms with Crippen LogP contribution in [0.4, 0.5) is 13.2 Å². The second-order valence-corrected chi connectivity index (χ2v) is 11.2. The molecule has 0 aliphatic rings. The number of hydrogen-bond acceptors (Lipinski definition) is 3. The first kappa shape index (κ1) is 23.0. The molecule has 3 rings (SSSR count). The van der Waals surface area contributed by atoms with E-state index >= 15 is 0 Å². The van der Waals surface area contributed by atoms with Gasteiger partial charge in [-0.3, -0.25) is 4.57 Å². The molecule has 2 unspecified atom stereocenters. The molecule has 0 amide bonds. The van der Waals surface area contributed by atoms with Crippen molar-refractivity contribution in [1.82, 2.24) is 0 Å². The van der Waals surface area contributed by atoms with Gasteiger partial charge in [-0.25, -0.2) is 13.2 Å². The Hall–Kier alpha value is -1.66. The molecule has 162 valence electrons. The molecule has 3 aromatic rings. The van der Waals surface area contributed by atoms with E-state index in [0.717, 1.165) is 12.1 Å². The van der Waals surface area contributed by atoms with Gasteiger partial charge in [-0.05, 0) is 62.1 Å². The maximum Gasteiger partial charge on any atom is 0.337 e. The van der Waals surface area contributed by atoms with Crippen molar-refractivity contribution < 1.29 is 27.2 Å². The number of hydrogen-bond donors (Lipinski definition) is 1.